The predicted octanol–water partition coefficient (Wildman–Crippen LogP) is -1.40. The topological polar surface area (TPSA) is 133 Å². The molecule has 8 heteroatoms. The number of aliphatic hydroxyl groups excluding tert-OH is 1. The van der Waals surface area contributed by atoms with Crippen molar-refractivity contribution in [2.24, 2.45) is 11.1 Å². The number of nitrogens with zero attached hydrogens (tertiary/aromatic N) is 2. The lowest BCUT2D eigenvalue weighted by Crippen LogP contribution is -2.42. The Labute approximate surface area is 109 Å². The highest BCUT2D eigenvalue weighted by atomic mass is 16.5. The van der Waals surface area contributed by atoms with Gasteiger partial charge in [0, 0.05) is 12.6 Å². The molecule has 1 fully saturated rings. The highest BCUT2D eigenvalue weighted by Gasteiger charge is 2.49. The number of nitrogen functional groups attached to an aromatic ring is 1. The van der Waals surface area contributed by atoms with Crippen LogP contribution in [0.2, 0.25) is 0 Å². The molecule has 0 radical (unpaired) electrons. The average Bonchev–Trinajstić information content (AvgIpc) is 2.67. The molecule has 0 saturated carbocycles. The molecule has 2 rings (SSSR count). The van der Waals surface area contributed by atoms with Crippen LogP contribution in [0.5, 0.6) is 0 Å². The van der Waals surface area contributed by atoms with Crippen LogP contribution in [0.25, 0.3) is 0 Å². The zero-order chi connectivity index (χ0) is 14.2. The number of carbonyl (C=O) groups is 1. The molecular weight excluding hydrogens is 252 g/mol. The van der Waals surface area contributed by atoms with Crippen LogP contribution < -0.4 is 17.2 Å². The molecule has 1 aromatic heterocycles. The minimum absolute atomic E-state index is 0.107. The minimum atomic E-state index is -1.03. The van der Waals surface area contributed by atoms with Crippen LogP contribution in [0.1, 0.15) is 19.6 Å². The summed E-state index contributed by atoms with van der Waals surface area (Å²) in [6, 6.07) is 1.46. The van der Waals surface area contributed by atoms with E-state index in [1.54, 1.807) is 6.92 Å². The van der Waals surface area contributed by atoms with Gasteiger partial charge in [0.1, 0.15) is 12.0 Å². The highest BCUT2D eigenvalue weighted by molar-refractivity contribution is 5.81. The van der Waals surface area contributed by atoms with Gasteiger partial charge in [0.15, 0.2) is 0 Å². The second-order valence-electron chi connectivity index (χ2n) is 4.79. The number of primary amides is 1. The number of aliphatic hydroxyl groups is 1. The second-order valence-corrected chi connectivity index (χ2v) is 4.79. The van der Waals surface area contributed by atoms with Gasteiger partial charge < -0.3 is 21.3 Å². The maximum Gasteiger partial charge on any atom is 0.351 e. The van der Waals surface area contributed by atoms with E-state index in [0.29, 0.717) is 0 Å². The lowest BCUT2D eigenvalue weighted by Gasteiger charge is -2.23. The van der Waals surface area contributed by atoms with Crippen LogP contribution >= 0.6 is 0 Å². The first kappa shape index (κ1) is 13.5. The van der Waals surface area contributed by atoms with Gasteiger partial charge in [-0.1, -0.05) is 0 Å². The largest absolute Gasteiger partial charge is 0.394 e. The zero-order valence-electron chi connectivity index (χ0n) is 10.4. The standard InChI is InChI=1S/C11H16N4O4/c1-11(9(13)17)4-8(19-6(11)5-16)15-3-2-7(12)14-10(15)18/h2-3,6,8,16H,4-5H2,1H3,(H2,13,17)(H2,12,14,18)/t6-,8-,11+/m1/s1. The summed E-state index contributed by atoms with van der Waals surface area (Å²) in [4.78, 5) is 26.8. The van der Waals surface area contributed by atoms with E-state index in [-0.39, 0.29) is 18.8 Å². The van der Waals surface area contributed by atoms with Crippen molar-refractivity contribution in [2.75, 3.05) is 12.3 Å². The maximum absolute atomic E-state index is 11.7. The van der Waals surface area contributed by atoms with E-state index in [9.17, 15) is 14.7 Å². The number of nitrogens with two attached hydrogens (primary N) is 2. The third kappa shape index (κ3) is 2.20. The number of amides is 1. The van der Waals surface area contributed by atoms with Crippen molar-refractivity contribution < 1.29 is 14.6 Å². The molecular formula is C11H16N4O4. The number of anilines is 1. The Hall–Kier alpha value is -1.93. The molecule has 104 valence electrons. The molecule has 1 aliphatic rings. The van der Waals surface area contributed by atoms with Gasteiger partial charge in [0.2, 0.25) is 5.91 Å². The van der Waals surface area contributed by atoms with Gasteiger partial charge in [-0.3, -0.25) is 9.36 Å². The van der Waals surface area contributed by atoms with Gasteiger partial charge in [-0.15, -0.1) is 0 Å². The van der Waals surface area contributed by atoms with Crippen molar-refractivity contribution >= 4 is 11.7 Å². The summed E-state index contributed by atoms with van der Waals surface area (Å²) in [5, 5.41) is 9.27. The fourth-order valence-corrected chi connectivity index (χ4v) is 2.19. The third-order valence-electron chi connectivity index (χ3n) is 3.52. The van der Waals surface area contributed by atoms with Crippen LogP contribution in [0.3, 0.4) is 0 Å². The first-order valence-electron chi connectivity index (χ1n) is 5.79. The number of hydrogen-bond acceptors (Lipinski definition) is 6. The number of ether oxygens (including phenoxy) is 1. The molecule has 8 nitrogen and oxygen atoms in total. The Morgan fingerprint density at radius 2 is 2.42 bits per heavy atom. The van der Waals surface area contributed by atoms with Gasteiger partial charge in [0.05, 0.1) is 18.1 Å². The summed E-state index contributed by atoms with van der Waals surface area (Å²) in [7, 11) is 0. The monoisotopic (exact) mass is 268 g/mol. The molecule has 2 heterocycles. The Kier molecular flexibility index (Phi) is 3.29. The van der Waals surface area contributed by atoms with Gasteiger partial charge in [-0.05, 0) is 13.0 Å². The summed E-state index contributed by atoms with van der Waals surface area (Å²) >= 11 is 0. The summed E-state index contributed by atoms with van der Waals surface area (Å²) in [6.45, 7) is 1.25. The van der Waals surface area contributed by atoms with Gasteiger partial charge in [-0.2, -0.15) is 4.98 Å². The molecule has 0 aliphatic carbocycles. The van der Waals surface area contributed by atoms with Crippen molar-refractivity contribution in [1.82, 2.24) is 9.55 Å². The SMILES string of the molecule is C[C@]1(C(N)=O)C[C@H](n2ccc(N)nc2=O)O[C@@H]1CO. The van der Waals surface area contributed by atoms with E-state index in [1.807, 2.05) is 0 Å². The summed E-state index contributed by atoms with van der Waals surface area (Å²) < 4.78 is 6.75. The molecule has 0 aromatic carbocycles. The Morgan fingerprint density at radius 3 is 2.89 bits per heavy atom. The molecule has 0 spiro atoms. The molecule has 3 atom stereocenters. The van der Waals surface area contributed by atoms with Crippen molar-refractivity contribution in [3.05, 3.63) is 22.7 Å². The molecule has 19 heavy (non-hydrogen) atoms. The summed E-state index contributed by atoms with van der Waals surface area (Å²) in [5.74, 6) is -0.471. The Balaban J connectivity index is 2.34. The van der Waals surface area contributed by atoms with E-state index in [0.717, 1.165) is 0 Å². The van der Waals surface area contributed by atoms with Gasteiger partial charge in [-0.25, -0.2) is 4.79 Å². The van der Waals surface area contributed by atoms with Crippen molar-refractivity contribution in [3.8, 4) is 0 Å². The van der Waals surface area contributed by atoms with Crippen LogP contribution in [0, 0.1) is 5.41 Å². The Bertz CT molecular complexity index is 558. The zero-order valence-corrected chi connectivity index (χ0v) is 10.4. The Morgan fingerprint density at radius 1 is 1.74 bits per heavy atom. The molecule has 5 N–H and O–H groups in total. The summed E-state index contributed by atoms with van der Waals surface area (Å²) in [6.07, 6.45) is 0.185. The third-order valence-corrected chi connectivity index (χ3v) is 3.52. The van der Waals surface area contributed by atoms with Crippen molar-refractivity contribution in [1.29, 1.82) is 0 Å². The maximum atomic E-state index is 11.7. The van der Waals surface area contributed by atoms with E-state index in [1.165, 1.54) is 16.8 Å². The number of carbonyl (C=O) groups excluding carboxylic acids is 1. The quantitative estimate of drug-likeness (QED) is 0.617. The normalized spacial score (nSPS) is 30.4. The van der Waals surface area contributed by atoms with Crippen LogP contribution in [0.4, 0.5) is 5.82 Å². The van der Waals surface area contributed by atoms with Crippen LogP contribution in [-0.2, 0) is 9.53 Å². The highest BCUT2D eigenvalue weighted by Crippen LogP contribution is 2.42. The van der Waals surface area contributed by atoms with E-state index in [2.05, 4.69) is 4.98 Å². The van der Waals surface area contributed by atoms with Crippen LogP contribution in [0.15, 0.2) is 17.1 Å². The number of rotatable bonds is 3. The molecule has 1 amide bonds. The predicted molar refractivity (Wildman–Crippen MR) is 65.8 cm³/mol. The fraction of sp³-hybridized carbons (Fsp3) is 0.545. The summed E-state index contributed by atoms with van der Waals surface area (Å²) in [5.41, 5.74) is 9.15. The average molecular weight is 268 g/mol. The first-order valence-corrected chi connectivity index (χ1v) is 5.79. The lowest BCUT2D eigenvalue weighted by atomic mass is 9.82. The minimum Gasteiger partial charge on any atom is -0.394 e. The van der Waals surface area contributed by atoms with Crippen molar-refractivity contribution in [2.45, 2.75) is 25.7 Å². The molecule has 1 saturated heterocycles. The van der Waals surface area contributed by atoms with Crippen molar-refractivity contribution in [3.63, 3.8) is 0 Å². The molecule has 0 unspecified atom stereocenters. The van der Waals surface area contributed by atoms with Gasteiger partial charge in [0.25, 0.3) is 0 Å². The fourth-order valence-electron chi connectivity index (χ4n) is 2.19. The van der Waals surface area contributed by atoms with E-state index < -0.39 is 29.3 Å². The molecule has 1 aromatic rings. The smallest absolute Gasteiger partial charge is 0.351 e. The second kappa shape index (κ2) is 4.63. The van der Waals surface area contributed by atoms with Gasteiger partial charge >= 0.3 is 5.69 Å². The lowest BCUT2D eigenvalue weighted by molar-refractivity contribution is -0.131. The van der Waals surface area contributed by atoms with E-state index >= 15 is 0 Å². The molecule has 1 aliphatic heterocycles. The number of aromatic nitrogens is 2. The van der Waals surface area contributed by atoms with Crippen LogP contribution in [-0.4, -0.2) is 33.3 Å². The first-order chi connectivity index (χ1) is 8.88. The van der Waals surface area contributed by atoms with E-state index in [4.69, 9.17) is 16.2 Å². The molecule has 0 bridgehead atoms. The number of hydrogen-bond donors (Lipinski definition) is 3.